The number of rotatable bonds is 6. The fraction of sp³-hybridized carbons (Fsp3) is 0.0952. The predicted molar refractivity (Wildman–Crippen MR) is 110 cm³/mol. The van der Waals surface area contributed by atoms with E-state index in [4.69, 9.17) is 4.74 Å². The zero-order valence-electron chi connectivity index (χ0n) is 16.1. The van der Waals surface area contributed by atoms with E-state index in [1.54, 1.807) is 25.2 Å². The minimum Gasteiger partial charge on any atom is -0.483 e. The summed E-state index contributed by atoms with van der Waals surface area (Å²) >= 11 is 0. The lowest BCUT2D eigenvalue weighted by Crippen LogP contribution is -2.18. The number of aromatic amines is 1. The van der Waals surface area contributed by atoms with E-state index in [1.807, 2.05) is 36.4 Å². The van der Waals surface area contributed by atoms with Crippen LogP contribution in [0.1, 0.15) is 16.1 Å². The molecule has 0 radical (unpaired) electrons. The summed E-state index contributed by atoms with van der Waals surface area (Å²) in [6.07, 6.45) is 1.39. The third kappa shape index (κ3) is 4.25. The van der Waals surface area contributed by atoms with Gasteiger partial charge in [-0.3, -0.25) is 9.59 Å². The van der Waals surface area contributed by atoms with Gasteiger partial charge in [-0.15, -0.1) is 10.2 Å². The van der Waals surface area contributed by atoms with Crippen LogP contribution in [-0.2, 0) is 13.7 Å². The summed E-state index contributed by atoms with van der Waals surface area (Å²) in [5.74, 6) is 0.0455. The van der Waals surface area contributed by atoms with Crippen LogP contribution < -0.4 is 15.5 Å². The van der Waals surface area contributed by atoms with Crippen molar-refractivity contribution in [1.29, 1.82) is 0 Å². The molecule has 2 aromatic heterocycles. The van der Waals surface area contributed by atoms with Crippen LogP contribution in [-0.4, -0.2) is 31.1 Å². The molecule has 30 heavy (non-hydrogen) atoms. The Kier molecular flexibility index (Phi) is 5.33. The van der Waals surface area contributed by atoms with E-state index < -0.39 is 11.3 Å². The van der Waals surface area contributed by atoms with E-state index in [1.165, 1.54) is 17.1 Å². The van der Waals surface area contributed by atoms with Crippen LogP contribution in [0.2, 0.25) is 0 Å². The highest BCUT2D eigenvalue weighted by atomic mass is 16.5. The summed E-state index contributed by atoms with van der Waals surface area (Å²) in [4.78, 5) is 29.2. The summed E-state index contributed by atoms with van der Waals surface area (Å²) in [5, 5.41) is 14.7. The van der Waals surface area contributed by atoms with Gasteiger partial charge >= 0.3 is 0 Å². The molecule has 0 aliphatic carbocycles. The first-order valence-electron chi connectivity index (χ1n) is 9.14. The number of carbonyl (C=O) groups excluding carboxylic acids is 1. The molecule has 0 fully saturated rings. The monoisotopic (exact) mass is 402 g/mol. The van der Waals surface area contributed by atoms with E-state index in [-0.39, 0.29) is 18.1 Å². The van der Waals surface area contributed by atoms with Crippen LogP contribution >= 0.6 is 0 Å². The van der Waals surface area contributed by atoms with E-state index in [9.17, 15) is 9.59 Å². The number of H-pyrrole nitrogens is 1. The molecule has 0 aliphatic rings. The summed E-state index contributed by atoms with van der Waals surface area (Å²) in [5.41, 5.74) is 1.77. The maximum Gasteiger partial charge on any atom is 0.272 e. The van der Waals surface area contributed by atoms with Gasteiger partial charge in [0.25, 0.3) is 5.91 Å². The van der Waals surface area contributed by atoms with Crippen LogP contribution in [0.15, 0.2) is 71.7 Å². The Balaban J connectivity index is 1.49. The minimum absolute atomic E-state index is 0.106. The second kappa shape index (κ2) is 8.39. The van der Waals surface area contributed by atoms with Crippen LogP contribution in [0.5, 0.6) is 5.75 Å². The molecule has 9 nitrogen and oxygen atoms in total. The Morgan fingerprint density at radius 1 is 1.13 bits per heavy atom. The molecule has 0 saturated heterocycles. The maximum absolute atomic E-state index is 12.7. The molecule has 2 aromatic carbocycles. The van der Waals surface area contributed by atoms with Crippen molar-refractivity contribution in [1.82, 2.24) is 25.2 Å². The zero-order valence-corrected chi connectivity index (χ0v) is 16.1. The fourth-order valence-electron chi connectivity index (χ4n) is 2.81. The zero-order chi connectivity index (χ0) is 20.9. The van der Waals surface area contributed by atoms with Gasteiger partial charge in [-0.1, -0.05) is 42.5 Å². The lowest BCUT2D eigenvalue weighted by molar-refractivity contribution is 0.102. The predicted octanol–water partition coefficient (Wildman–Crippen LogP) is 2.40. The summed E-state index contributed by atoms with van der Waals surface area (Å²) in [6.45, 7) is 0.258. The first-order chi connectivity index (χ1) is 14.6. The Morgan fingerprint density at radius 2 is 1.90 bits per heavy atom. The molecule has 1 amide bonds. The number of hydrogen-bond donors (Lipinski definition) is 2. The van der Waals surface area contributed by atoms with Crippen molar-refractivity contribution in [3.05, 3.63) is 88.3 Å². The fourth-order valence-corrected chi connectivity index (χ4v) is 2.81. The number of carbonyl (C=O) groups is 1. The first kappa shape index (κ1) is 19.1. The van der Waals surface area contributed by atoms with E-state index in [2.05, 4.69) is 25.7 Å². The summed E-state index contributed by atoms with van der Waals surface area (Å²) < 4.78 is 5.55. The highest BCUT2D eigenvalue weighted by Crippen LogP contribution is 2.24. The highest BCUT2D eigenvalue weighted by molar-refractivity contribution is 6.04. The van der Waals surface area contributed by atoms with Crippen molar-refractivity contribution < 1.29 is 9.53 Å². The van der Waals surface area contributed by atoms with Crippen molar-refractivity contribution in [2.45, 2.75) is 6.61 Å². The Labute approximate surface area is 171 Å². The van der Waals surface area contributed by atoms with Crippen LogP contribution in [0.3, 0.4) is 0 Å². The SMILES string of the molecule is Cn1nnc(-c2ccccc2NC(=O)c2cc(=O)c(OCc3ccccc3)c[nH]2)n1. The molecule has 4 rings (SSSR count). The number of ether oxygens (including phenoxy) is 1. The van der Waals surface area contributed by atoms with E-state index in [0.717, 1.165) is 5.56 Å². The van der Waals surface area contributed by atoms with Crippen LogP contribution in [0, 0.1) is 0 Å². The van der Waals surface area contributed by atoms with Gasteiger partial charge in [0.05, 0.1) is 12.7 Å². The third-order valence-corrected chi connectivity index (χ3v) is 4.28. The van der Waals surface area contributed by atoms with Crippen LogP contribution in [0.4, 0.5) is 5.69 Å². The number of pyridine rings is 1. The second-order valence-electron chi connectivity index (χ2n) is 6.45. The number of para-hydroxylation sites is 1. The molecular formula is C21H18N6O3. The molecule has 150 valence electrons. The third-order valence-electron chi connectivity index (χ3n) is 4.28. The molecule has 0 bridgehead atoms. The van der Waals surface area contributed by atoms with Crippen molar-refractivity contribution in [2.75, 3.05) is 5.32 Å². The Bertz CT molecular complexity index is 1230. The van der Waals surface area contributed by atoms with Gasteiger partial charge in [0.1, 0.15) is 12.3 Å². The van der Waals surface area contributed by atoms with Crippen molar-refractivity contribution in [3.63, 3.8) is 0 Å². The molecule has 0 spiro atoms. The molecule has 0 unspecified atom stereocenters. The molecule has 0 atom stereocenters. The molecular weight excluding hydrogens is 384 g/mol. The van der Waals surface area contributed by atoms with Gasteiger partial charge in [-0.25, -0.2) is 0 Å². The number of aromatic nitrogens is 5. The van der Waals surface area contributed by atoms with Crippen molar-refractivity contribution in [3.8, 4) is 17.1 Å². The molecule has 0 aliphatic heterocycles. The molecule has 2 N–H and O–H groups in total. The van der Waals surface area contributed by atoms with Gasteiger partial charge < -0.3 is 15.0 Å². The summed E-state index contributed by atoms with van der Waals surface area (Å²) in [6, 6.07) is 17.8. The van der Waals surface area contributed by atoms with Gasteiger partial charge in [0.15, 0.2) is 5.75 Å². The number of benzene rings is 2. The topological polar surface area (TPSA) is 115 Å². The van der Waals surface area contributed by atoms with Gasteiger partial charge in [-0.2, -0.15) is 4.80 Å². The Morgan fingerprint density at radius 3 is 2.63 bits per heavy atom. The van der Waals surface area contributed by atoms with Crippen LogP contribution in [0.25, 0.3) is 11.4 Å². The Hall–Kier alpha value is -4.27. The normalized spacial score (nSPS) is 10.6. The smallest absolute Gasteiger partial charge is 0.272 e. The number of nitrogens with one attached hydrogen (secondary N) is 2. The second-order valence-corrected chi connectivity index (χ2v) is 6.45. The maximum atomic E-state index is 12.7. The molecule has 0 saturated carbocycles. The van der Waals surface area contributed by atoms with Crippen molar-refractivity contribution in [2.24, 2.45) is 7.05 Å². The lowest BCUT2D eigenvalue weighted by Gasteiger charge is -2.10. The quantitative estimate of drug-likeness (QED) is 0.512. The number of aryl methyl sites for hydroxylation is 1. The lowest BCUT2D eigenvalue weighted by atomic mass is 10.1. The minimum atomic E-state index is -0.474. The summed E-state index contributed by atoms with van der Waals surface area (Å²) in [7, 11) is 1.66. The first-order valence-corrected chi connectivity index (χ1v) is 9.14. The largest absolute Gasteiger partial charge is 0.483 e. The molecule has 4 aromatic rings. The van der Waals surface area contributed by atoms with Crippen molar-refractivity contribution >= 4 is 11.6 Å². The van der Waals surface area contributed by atoms with Gasteiger partial charge in [0.2, 0.25) is 11.3 Å². The van der Waals surface area contributed by atoms with E-state index >= 15 is 0 Å². The number of anilines is 1. The van der Waals surface area contributed by atoms with E-state index in [0.29, 0.717) is 17.1 Å². The molecule has 9 heteroatoms. The number of tetrazole rings is 1. The highest BCUT2D eigenvalue weighted by Gasteiger charge is 2.15. The van der Waals surface area contributed by atoms with Gasteiger partial charge in [-0.05, 0) is 22.9 Å². The molecule has 2 heterocycles. The average Bonchev–Trinajstić information content (AvgIpc) is 3.20. The number of hydrogen-bond acceptors (Lipinski definition) is 6. The van der Waals surface area contributed by atoms with Gasteiger partial charge in [0, 0.05) is 17.8 Å². The standard InChI is InChI=1S/C21H18N6O3/c1-27-25-20(24-26-27)15-9-5-6-10-16(15)23-21(29)17-11-18(28)19(12-22-17)30-13-14-7-3-2-4-8-14/h2-12H,13H2,1H3,(H,22,28)(H,23,29). The number of nitrogens with zero attached hydrogens (tertiary/aromatic N) is 4. The average molecular weight is 402 g/mol. The number of amides is 1.